The quantitative estimate of drug-likeness (QED) is 0.788. The molecule has 112 valence electrons. The van der Waals surface area contributed by atoms with E-state index in [9.17, 15) is 9.90 Å². The summed E-state index contributed by atoms with van der Waals surface area (Å²) < 4.78 is 1.67. The van der Waals surface area contributed by atoms with Crippen LogP contribution in [-0.4, -0.2) is 41.7 Å². The lowest BCUT2D eigenvalue weighted by Gasteiger charge is -2.33. The van der Waals surface area contributed by atoms with E-state index in [0.29, 0.717) is 0 Å². The zero-order chi connectivity index (χ0) is 15.5. The highest BCUT2D eigenvalue weighted by molar-refractivity contribution is 9.11. The SMILES string of the molecule is Cc1cc(Br)c(NC(=O)CN(C)C(C)(C)CO)c(Br)c1. The van der Waals surface area contributed by atoms with Gasteiger partial charge in [-0.15, -0.1) is 0 Å². The van der Waals surface area contributed by atoms with Crippen LogP contribution >= 0.6 is 31.9 Å². The molecule has 2 N–H and O–H groups in total. The van der Waals surface area contributed by atoms with Crippen molar-refractivity contribution in [3.05, 3.63) is 26.6 Å². The van der Waals surface area contributed by atoms with Crippen molar-refractivity contribution >= 4 is 43.5 Å². The molecule has 0 saturated heterocycles. The van der Waals surface area contributed by atoms with E-state index in [0.717, 1.165) is 20.2 Å². The number of hydrogen-bond donors (Lipinski definition) is 2. The lowest BCUT2D eigenvalue weighted by molar-refractivity contribution is -0.118. The summed E-state index contributed by atoms with van der Waals surface area (Å²) in [7, 11) is 1.81. The number of benzene rings is 1. The van der Waals surface area contributed by atoms with E-state index in [1.807, 2.05) is 44.9 Å². The Kier molecular flexibility index (Phi) is 6.19. The molecule has 1 aromatic rings. The second-order valence-corrected chi connectivity index (χ2v) is 7.19. The summed E-state index contributed by atoms with van der Waals surface area (Å²) in [6.45, 7) is 5.96. The van der Waals surface area contributed by atoms with Crippen LogP contribution in [0.5, 0.6) is 0 Å². The van der Waals surface area contributed by atoms with Gasteiger partial charge in [0.1, 0.15) is 0 Å². The van der Waals surface area contributed by atoms with Crippen LogP contribution in [0, 0.1) is 6.92 Å². The molecule has 0 radical (unpaired) electrons. The van der Waals surface area contributed by atoms with Gasteiger partial charge in [-0.1, -0.05) is 0 Å². The molecule has 0 unspecified atom stereocenters. The molecule has 0 aliphatic heterocycles. The van der Waals surface area contributed by atoms with Gasteiger partial charge < -0.3 is 10.4 Å². The highest BCUT2D eigenvalue weighted by Crippen LogP contribution is 2.32. The van der Waals surface area contributed by atoms with Crippen LogP contribution in [0.3, 0.4) is 0 Å². The minimum Gasteiger partial charge on any atom is -0.394 e. The lowest BCUT2D eigenvalue weighted by atomic mass is 10.1. The molecule has 1 rings (SSSR count). The molecule has 0 aromatic heterocycles. The van der Waals surface area contributed by atoms with Gasteiger partial charge in [-0.2, -0.15) is 0 Å². The molecule has 0 aliphatic rings. The maximum absolute atomic E-state index is 12.1. The molecule has 0 heterocycles. The van der Waals surface area contributed by atoms with Crippen LogP contribution in [0.1, 0.15) is 19.4 Å². The molecule has 0 aliphatic carbocycles. The van der Waals surface area contributed by atoms with Crippen molar-refractivity contribution in [2.45, 2.75) is 26.3 Å². The molecule has 20 heavy (non-hydrogen) atoms. The molecular formula is C14H20Br2N2O2. The van der Waals surface area contributed by atoms with E-state index in [2.05, 4.69) is 37.2 Å². The first-order chi connectivity index (χ1) is 9.17. The molecule has 0 atom stereocenters. The number of aryl methyl sites for hydroxylation is 1. The van der Waals surface area contributed by atoms with Crippen molar-refractivity contribution in [2.75, 3.05) is 25.5 Å². The molecular weight excluding hydrogens is 388 g/mol. The summed E-state index contributed by atoms with van der Waals surface area (Å²) in [5, 5.41) is 12.2. The normalized spacial score (nSPS) is 11.8. The standard InChI is InChI=1S/C14H20Br2N2O2/c1-9-5-10(15)13(11(16)6-9)17-12(20)7-18(4)14(2,3)8-19/h5-6,19H,7-8H2,1-4H3,(H,17,20). The number of nitrogens with zero attached hydrogens (tertiary/aromatic N) is 1. The Morgan fingerprint density at radius 2 is 1.85 bits per heavy atom. The van der Waals surface area contributed by atoms with Crippen molar-refractivity contribution in [1.82, 2.24) is 4.90 Å². The van der Waals surface area contributed by atoms with Crippen molar-refractivity contribution in [3.63, 3.8) is 0 Å². The average molecular weight is 408 g/mol. The van der Waals surface area contributed by atoms with Gasteiger partial charge in [-0.05, 0) is 77.4 Å². The number of carbonyl (C=O) groups is 1. The fourth-order valence-corrected chi connectivity index (χ4v) is 3.16. The van der Waals surface area contributed by atoms with Gasteiger partial charge in [-0.25, -0.2) is 0 Å². The van der Waals surface area contributed by atoms with Crippen LogP contribution in [0.25, 0.3) is 0 Å². The Balaban J connectivity index is 2.78. The van der Waals surface area contributed by atoms with E-state index in [1.54, 1.807) is 0 Å². The third-order valence-corrected chi connectivity index (χ3v) is 4.50. The van der Waals surface area contributed by atoms with Crippen molar-refractivity contribution < 1.29 is 9.90 Å². The van der Waals surface area contributed by atoms with Gasteiger partial charge >= 0.3 is 0 Å². The van der Waals surface area contributed by atoms with E-state index >= 15 is 0 Å². The second kappa shape index (κ2) is 7.02. The summed E-state index contributed by atoms with van der Waals surface area (Å²) in [6, 6.07) is 3.89. The molecule has 1 amide bonds. The fraction of sp³-hybridized carbons (Fsp3) is 0.500. The molecule has 4 nitrogen and oxygen atoms in total. The Bertz CT molecular complexity index is 481. The largest absolute Gasteiger partial charge is 0.394 e. The number of halogens is 2. The first kappa shape index (κ1) is 17.6. The third-order valence-electron chi connectivity index (χ3n) is 3.25. The summed E-state index contributed by atoms with van der Waals surface area (Å²) in [5.41, 5.74) is 1.38. The van der Waals surface area contributed by atoms with Crippen LogP contribution in [0.4, 0.5) is 5.69 Å². The van der Waals surface area contributed by atoms with Gasteiger partial charge in [0.2, 0.25) is 5.91 Å². The summed E-state index contributed by atoms with van der Waals surface area (Å²) in [4.78, 5) is 13.9. The summed E-state index contributed by atoms with van der Waals surface area (Å²) in [6.07, 6.45) is 0. The maximum atomic E-state index is 12.1. The minimum absolute atomic E-state index is 0.00526. The number of rotatable bonds is 5. The highest BCUT2D eigenvalue weighted by Gasteiger charge is 2.24. The van der Waals surface area contributed by atoms with Crippen molar-refractivity contribution in [2.24, 2.45) is 0 Å². The number of aliphatic hydroxyl groups excluding tert-OH is 1. The highest BCUT2D eigenvalue weighted by atomic mass is 79.9. The molecule has 0 spiro atoms. The lowest BCUT2D eigenvalue weighted by Crippen LogP contribution is -2.47. The molecule has 0 saturated carbocycles. The Morgan fingerprint density at radius 1 is 1.35 bits per heavy atom. The number of anilines is 1. The first-order valence-electron chi connectivity index (χ1n) is 6.25. The number of hydrogen-bond acceptors (Lipinski definition) is 3. The smallest absolute Gasteiger partial charge is 0.238 e. The third kappa shape index (κ3) is 4.55. The predicted octanol–water partition coefficient (Wildman–Crippen LogP) is 3.16. The van der Waals surface area contributed by atoms with Crippen molar-refractivity contribution in [1.29, 1.82) is 0 Å². The number of nitrogens with one attached hydrogen (secondary N) is 1. The van der Waals surface area contributed by atoms with Crippen molar-refractivity contribution in [3.8, 4) is 0 Å². The van der Waals surface area contributed by atoms with E-state index in [1.165, 1.54) is 0 Å². The number of aliphatic hydroxyl groups is 1. The van der Waals surface area contributed by atoms with Gasteiger partial charge in [0.15, 0.2) is 0 Å². The predicted molar refractivity (Wildman–Crippen MR) is 89.0 cm³/mol. The first-order valence-corrected chi connectivity index (χ1v) is 7.83. The van der Waals surface area contributed by atoms with Crippen LogP contribution in [0.15, 0.2) is 21.1 Å². The van der Waals surface area contributed by atoms with Crippen LogP contribution in [0.2, 0.25) is 0 Å². The van der Waals surface area contributed by atoms with Gasteiger partial charge in [0.25, 0.3) is 0 Å². The monoisotopic (exact) mass is 406 g/mol. The molecule has 0 fully saturated rings. The van der Waals surface area contributed by atoms with Gasteiger partial charge in [-0.3, -0.25) is 9.69 Å². The Morgan fingerprint density at radius 3 is 2.30 bits per heavy atom. The second-order valence-electron chi connectivity index (χ2n) is 5.48. The number of likely N-dealkylation sites (N-methyl/N-ethyl adjacent to an activating group) is 1. The van der Waals surface area contributed by atoms with Crippen LogP contribution < -0.4 is 5.32 Å². The number of amides is 1. The Hall–Kier alpha value is -0.430. The van der Waals surface area contributed by atoms with E-state index < -0.39 is 5.54 Å². The molecule has 0 bridgehead atoms. The van der Waals surface area contributed by atoms with E-state index in [-0.39, 0.29) is 19.1 Å². The fourth-order valence-electron chi connectivity index (χ4n) is 1.55. The van der Waals surface area contributed by atoms with Crippen LogP contribution in [-0.2, 0) is 4.79 Å². The zero-order valence-electron chi connectivity index (χ0n) is 12.1. The van der Waals surface area contributed by atoms with E-state index in [4.69, 9.17) is 0 Å². The Labute approximate surface area is 136 Å². The average Bonchev–Trinajstić information content (AvgIpc) is 2.33. The molecule has 6 heteroatoms. The van der Waals surface area contributed by atoms with Gasteiger partial charge in [0, 0.05) is 14.5 Å². The van der Waals surface area contributed by atoms with Gasteiger partial charge in [0.05, 0.1) is 18.8 Å². The number of carbonyl (C=O) groups excluding carboxylic acids is 1. The molecule has 1 aromatic carbocycles. The summed E-state index contributed by atoms with van der Waals surface area (Å²) >= 11 is 6.89. The summed E-state index contributed by atoms with van der Waals surface area (Å²) in [5.74, 6) is -0.126. The zero-order valence-corrected chi connectivity index (χ0v) is 15.3. The maximum Gasteiger partial charge on any atom is 0.238 e. The minimum atomic E-state index is -0.431. The topological polar surface area (TPSA) is 52.6 Å².